The van der Waals surface area contributed by atoms with E-state index in [0.29, 0.717) is 11.4 Å². The monoisotopic (exact) mass is 293 g/mol. The highest BCUT2D eigenvalue weighted by atomic mass is 35.5. The minimum atomic E-state index is -1.07. The molecular formula is C12H8ClN3O4. The average Bonchev–Trinajstić information content (AvgIpc) is 2.41. The summed E-state index contributed by atoms with van der Waals surface area (Å²) in [6.07, 6.45) is 1.29. The largest absolute Gasteiger partial charge is 0.478 e. The minimum Gasteiger partial charge on any atom is -0.478 e. The van der Waals surface area contributed by atoms with Crippen molar-refractivity contribution in [2.45, 2.75) is 0 Å². The zero-order valence-corrected chi connectivity index (χ0v) is 10.7. The molecule has 102 valence electrons. The number of carbonyl (C=O) groups is 1. The Morgan fingerprint density at radius 1 is 1.35 bits per heavy atom. The van der Waals surface area contributed by atoms with E-state index in [1.807, 2.05) is 0 Å². The van der Waals surface area contributed by atoms with E-state index in [0.717, 1.165) is 0 Å². The number of hydrogen-bond donors (Lipinski definition) is 2. The third-order valence-electron chi connectivity index (χ3n) is 2.43. The molecule has 0 bridgehead atoms. The summed E-state index contributed by atoms with van der Waals surface area (Å²) in [6, 6.07) is 6.95. The van der Waals surface area contributed by atoms with Crippen molar-refractivity contribution in [1.29, 1.82) is 0 Å². The van der Waals surface area contributed by atoms with Gasteiger partial charge in [0.15, 0.2) is 6.20 Å². The molecule has 0 aliphatic rings. The standard InChI is InChI=1S/C12H8ClN3O4/c13-9-5-7(12(17)18)1-3-10(9)15-8-2-4-11(14-6-8)16(19)20/h1-6,15H,(H,17,18). The topological polar surface area (TPSA) is 105 Å². The molecule has 0 spiro atoms. The molecule has 0 fully saturated rings. The Labute approximate surface area is 118 Å². The van der Waals surface area contributed by atoms with Gasteiger partial charge in [0, 0.05) is 6.07 Å². The molecule has 2 rings (SSSR count). The summed E-state index contributed by atoms with van der Waals surface area (Å²) >= 11 is 5.95. The maximum Gasteiger partial charge on any atom is 0.363 e. The second-order valence-electron chi connectivity index (χ2n) is 3.79. The van der Waals surface area contributed by atoms with Crippen molar-refractivity contribution in [3.63, 3.8) is 0 Å². The van der Waals surface area contributed by atoms with Crippen LogP contribution in [0.15, 0.2) is 36.5 Å². The number of aromatic carboxylic acids is 1. The SMILES string of the molecule is O=C(O)c1ccc(Nc2ccc([N+](=O)[O-])nc2)c(Cl)c1. The van der Waals surface area contributed by atoms with Crippen LogP contribution in [0.4, 0.5) is 17.2 Å². The Balaban J connectivity index is 2.21. The molecule has 0 aliphatic carbocycles. The number of carboxylic acid groups (broad SMARTS) is 1. The van der Waals surface area contributed by atoms with Gasteiger partial charge in [0.1, 0.15) is 0 Å². The van der Waals surface area contributed by atoms with Crippen molar-refractivity contribution in [2.24, 2.45) is 0 Å². The van der Waals surface area contributed by atoms with Crippen LogP contribution in [0.25, 0.3) is 0 Å². The van der Waals surface area contributed by atoms with Crippen LogP contribution in [-0.2, 0) is 0 Å². The van der Waals surface area contributed by atoms with Gasteiger partial charge in [-0.05, 0) is 34.2 Å². The van der Waals surface area contributed by atoms with E-state index in [1.165, 1.54) is 36.5 Å². The zero-order valence-electron chi connectivity index (χ0n) is 9.91. The summed E-state index contributed by atoms with van der Waals surface area (Å²) in [5.41, 5.74) is 1.05. The summed E-state index contributed by atoms with van der Waals surface area (Å²) in [6.45, 7) is 0. The smallest absolute Gasteiger partial charge is 0.363 e. The quantitative estimate of drug-likeness (QED) is 0.663. The summed E-state index contributed by atoms with van der Waals surface area (Å²) < 4.78 is 0. The molecule has 7 nitrogen and oxygen atoms in total. The number of nitrogens with one attached hydrogen (secondary N) is 1. The predicted octanol–water partition coefficient (Wildman–Crippen LogP) is 3.09. The highest BCUT2D eigenvalue weighted by molar-refractivity contribution is 6.33. The molecular weight excluding hydrogens is 286 g/mol. The second kappa shape index (κ2) is 5.54. The highest BCUT2D eigenvalue weighted by Crippen LogP contribution is 2.26. The van der Waals surface area contributed by atoms with E-state index < -0.39 is 10.9 Å². The second-order valence-corrected chi connectivity index (χ2v) is 4.19. The van der Waals surface area contributed by atoms with Gasteiger partial charge >= 0.3 is 11.8 Å². The lowest BCUT2D eigenvalue weighted by atomic mass is 10.2. The van der Waals surface area contributed by atoms with Gasteiger partial charge < -0.3 is 20.5 Å². The summed E-state index contributed by atoms with van der Waals surface area (Å²) in [7, 11) is 0. The lowest BCUT2D eigenvalue weighted by molar-refractivity contribution is -0.389. The average molecular weight is 294 g/mol. The van der Waals surface area contributed by atoms with Gasteiger partial charge in [-0.2, -0.15) is 0 Å². The lowest BCUT2D eigenvalue weighted by Crippen LogP contribution is -1.98. The lowest BCUT2D eigenvalue weighted by Gasteiger charge is -2.07. The number of aromatic nitrogens is 1. The van der Waals surface area contributed by atoms with Crippen molar-refractivity contribution >= 4 is 34.8 Å². The fraction of sp³-hybridized carbons (Fsp3) is 0. The van der Waals surface area contributed by atoms with Gasteiger partial charge in [-0.25, -0.2) is 4.79 Å². The Hall–Kier alpha value is -2.67. The number of halogens is 1. The summed E-state index contributed by atoms with van der Waals surface area (Å²) in [5, 5.41) is 22.4. The molecule has 0 atom stereocenters. The molecule has 0 saturated heterocycles. The molecule has 1 heterocycles. The number of pyridine rings is 1. The summed E-state index contributed by atoms with van der Waals surface area (Å²) in [5.74, 6) is -1.33. The Bertz CT molecular complexity index is 673. The van der Waals surface area contributed by atoms with Crippen LogP contribution in [-0.4, -0.2) is 21.0 Å². The Kier molecular flexibility index (Phi) is 3.81. The molecule has 1 aromatic heterocycles. The van der Waals surface area contributed by atoms with Crippen molar-refractivity contribution in [1.82, 2.24) is 4.98 Å². The van der Waals surface area contributed by atoms with E-state index in [2.05, 4.69) is 10.3 Å². The summed E-state index contributed by atoms with van der Waals surface area (Å²) in [4.78, 5) is 24.3. The number of anilines is 2. The van der Waals surface area contributed by atoms with E-state index in [1.54, 1.807) is 0 Å². The Morgan fingerprint density at radius 2 is 2.10 bits per heavy atom. The number of nitro groups is 1. The molecule has 0 amide bonds. The highest BCUT2D eigenvalue weighted by Gasteiger charge is 2.09. The number of carboxylic acids is 1. The first-order valence-corrected chi connectivity index (χ1v) is 5.75. The normalized spacial score (nSPS) is 10.1. The first-order chi connectivity index (χ1) is 9.47. The molecule has 0 saturated carbocycles. The van der Waals surface area contributed by atoms with Gasteiger partial charge in [0.05, 0.1) is 22.0 Å². The van der Waals surface area contributed by atoms with Gasteiger partial charge in [-0.1, -0.05) is 11.6 Å². The third-order valence-corrected chi connectivity index (χ3v) is 2.74. The molecule has 0 aliphatic heterocycles. The molecule has 8 heteroatoms. The van der Waals surface area contributed by atoms with Gasteiger partial charge in [-0.15, -0.1) is 0 Å². The van der Waals surface area contributed by atoms with Crippen LogP contribution in [0.3, 0.4) is 0 Å². The maximum absolute atomic E-state index is 10.8. The van der Waals surface area contributed by atoms with Crippen LogP contribution in [0.2, 0.25) is 5.02 Å². The van der Waals surface area contributed by atoms with Crippen LogP contribution in [0.5, 0.6) is 0 Å². The number of hydrogen-bond acceptors (Lipinski definition) is 5. The fourth-order valence-corrected chi connectivity index (χ4v) is 1.70. The first-order valence-electron chi connectivity index (χ1n) is 5.37. The van der Waals surface area contributed by atoms with Gasteiger partial charge in [0.2, 0.25) is 0 Å². The number of benzene rings is 1. The van der Waals surface area contributed by atoms with E-state index in [9.17, 15) is 14.9 Å². The predicted molar refractivity (Wildman–Crippen MR) is 72.6 cm³/mol. The Morgan fingerprint density at radius 3 is 2.60 bits per heavy atom. The van der Waals surface area contributed by atoms with Crippen LogP contribution in [0, 0.1) is 10.1 Å². The van der Waals surface area contributed by atoms with Gasteiger partial charge in [0.25, 0.3) is 0 Å². The molecule has 0 radical (unpaired) electrons. The van der Waals surface area contributed by atoms with Crippen molar-refractivity contribution in [3.8, 4) is 0 Å². The van der Waals surface area contributed by atoms with Crippen molar-refractivity contribution < 1.29 is 14.8 Å². The van der Waals surface area contributed by atoms with E-state index >= 15 is 0 Å². The number of nitrogens with zero attached hydrogens (tertiary/aromatic N) is 2. The van der Waals surface area contributed by atoms with E-state index in [4.69, 9.17) is 16.7 Å². The molecule has 0 unspecified atom stereocenters. The maximum atomic E-state index is 10.8. The molecule has 2 aromatic rings. The molecule has 20 heavy (non-hydrogen) atoms. The van der Waals surface area contributed by atoms with Crippen molar-refractivity contribution in [2.75, 3.05) is 5.32 Å². The van der Waals surface area contributed by atoms with Crippen LogP contribution < -0.4 is 5.32 Å². The zero-order chi connectivity index (χ0) is 14.7. The van der Waals surface area contributed by atoms with E-state index in [-0.39, 0.29) is 16.4 Å². The number of rotatable bonds is 4. The molecule has 1 aromatic carbocycles. The fourth-order valence-electron chi connectivity index (χ4n) is 1.47. The van der Waals surface area contributed by atoms with Crippen LogP contribution in [0.1, 0.15) is 10.4 Å². The molecule has 2 N–H and O–H groups in total. The first kappa shape index (κ1) is 13.8. The van der Waals surface area contributed by atoms with Crippen molar-refractivity contribution in [3.05, 3.63) is 57.2 Å². The third kappa shape index (κ3) is 3.01. The van der Waals surface area contributed by atoms with Crippen LogP contribution >= 0.6 is 11.6 Å². The van der Waals surface area contributed by atoms with Gasteiger partial charge in [-0.3, -0.25) is 0 Å². The minimum absolute atomic E-state index is 0.0716.